The molecule has 0 rings (SSSR count). The first-order chi connectivity index (χ1) is 2.00. The zero-order valence-corrected chi connectivity index (χ0v) is 7.63. The highest BCUT2D eigenvalue weighted by molar-refractivity contribution is 7.42. The molecule has 32 valence electrons. The Bertz CT molecular complexity index is 23.1. The zero-order valence-electron chi connectivity index (χ0n) is 3.88. The normalized spacial score (nSPS) is 12.6. The van der Waals surface area contributed by atoms with E-state index in [0.29, 0.717) is 0 Å². The van der Waals surface area contributed by atoms with Gasteiger partial charge in [0.15, 0.2) is 0 Å². The average molecular weight is 125 g/mol. The third-order valence-corrected chi connectivity index (χ3v) is 0. The van der Waals surface area contributed by atoms with Crippen molar-refractivity contribution in [3.63, 3.8) is 0 Å². The summed E-state index contributed by atoms with van der Waals surface area (Å²) in [5.41, 5.74) is 0. The van der Waals surface area contributed by atoms with Crippen LogP contribution in [0, 0.1) is 0 Å². The van der Waals surface area contributed by atoms with Gasteiger partial charge in [-0.1, -0.05) is 13.1 Å². The van der Waals surface area contributed by atoms with E-state index in [2.05, 4.69) is 13.1 Å². The van der Waals surface area contributed by atoms with Gasteiger partial charge in [0.25, 0.3) is 0 Å². The van der Waals surface area contributed by atoms with Crippen LogP contribution in [0.4, 0.5) is 0 Å². The second-order valence-corrected chi connectivity index (χ2v) is 19.0. The molecule has 0 aromatic carbocycles. The molecule has 0 heterocycles. The van der Waals surface area contributed by atoms with E-state index in [0.717, 1.165) is 0 Å². The smallest absolute Gasteiger partial charge is 0.130 e. The van der Waals surface area contributed by atoms with Gasteiger partial charge in [-0.05, 0) is 0 Å². The molecule has 0 unspecified atom stereocenters. The molecule has 0 aliphatic rings. The minimum Gasteiger partial charge on any atom is -0.172 e. The summed E-state index contributed by atoms with van der Waals surface area (Å²) >= 11 is 5.73. The van der Waals surface area contributed by atoms with Gasteiger partial charge < -0.3 is 0 Å². The predicted octanol–water partition coefficient (Wildman–Crippen LogP) is 0.292. The Hall–Kier alpha value is 0.724. The molecule has 0 aromatic rings. The van der Waals surface area contributed by atoms with Crippen molar-refractivity contribution in [3.05, 3.63) is 0 Å². The highest BCUT2D eigenvalue weighted by Crippen LogP contribution is 1.97. The van der Waals surface area contributed by atoms with Gasteiger partial charge in [-0.3, -0.25) is 0 Å². The molecule has 0 radical (unpaired) electrons. The SMILES string of the molecule is C[Si](C)([SiH3])Cl. The largest absolute Gasteiger partial charge is 0.172 e. The molecule has 5 heavy (non-hydrogen) atoms. The maximum absolute atomic E-state index is 5.73. The van der Waals surface area contributed by atoms with Gasteiger partial charge >= 0.3 is 0 Å². The third kappa shape index (κ3) is 66.9. The minimum atomic E-state index is -1.000. The zero-order chi connectivity index (χ0) is 4.50. The second kappa shape index (κ2) is 1.45. The van der Waals surface area contributed by atoms with Crippen molar-refractivity contribution in [1.29, 1.82) is 0 Å². The molecule has 0 fully saturated rings. The number of halogens is 1. The summed E-state index contributed by atoms with van der Waals surface area (Å²) in [4.78, 5) is 0. The Labute approximate surface area is 41.5 Å². The van der Waals surface area contributed by atoms with Crippen LogP contribution in [0.5, 0.6) is 0 Å². The van der Waals surface area contributed by atoms with Crippen molar-refractivity contribution in [2.45, 2.75) is 13.1 Å². The topological polar surface area (TPSA) is 0 Å². The Kier molecular flexibility index (Phi) is 1.66. The molecule has 0 aromatic heterocycles. The van der Waals surface area contributed by atoms with Crippen LogP contribution in [0.15, 0.2) is 0 Å². The van der Waals surface area contributed by atoms with Crippen LogP contribution >= 0.6 is 11.1 Å². The summed E-state index contributed by atoms with van der Waals surface area (Å²) in [7, 11) is 1.21. The number of hydrogen-bond acceptors (Lipinski definition) is 0. The van der Waals surface area contributed by atoms with Crippen LogP contribution in [0.25, 0.3) is 0 Å². The number of hydrogen-bond donors (Lipinski definition) is 0. The first-order valence-corrected chi connectivity index (χ1v) is 9.20. The van der Waals surface area contributed by atoms with Gasteiger partial charge in [-0.25, -0.2) is 0 Å². The monoisotopic (exact) mass is 124 g/mol. The summed E-state index contributed by atoms with van der Waals surface area (Å²) in [5, 5.41) is 0. The lowest BCUT2D eigenvalue weighted by Crippen LogP contribution is -2.15. The lowest BCUT2D eigenvalue weighted by Gasteiger charge is -1.97. The second-order valence-electron chi connectivity index (χ2n) is 2.07. The minimum absolute atomic E-state index is 1.000. The molecule has 0 atom stereocenters. The molecule has 0 saturated carbocycles. The molecule has 0 aliphatic carbocycles. The summed E-state index contributed by atoms with van der Waals surface area (Å²) in [5.74, 6) is 0. The van der Waals surface area contributed by atoms with Gasteiger partial charge in [-0.2, -0.15) is 11.1 Å². The summed E-state index contributed by atoms with van der Waals surface area (Å²) in [6, 6.07) is 0. The van der Waals surface area contributed by atoms with E-state index in [-0.39, 0.29) is 0 Å². The molecule has 0 nitrogen and oxygen atoms in total. The highest BCUT2D eigenvalue weighted by Gasteiger charge is 2.04. The Morgan fingerprint density at radius 1 is 1.60 bits per heavy atom. The highest BCUT2D eigenvalue weighted by atomic mass is 35.6. The fraction of sp³-hybridized carbons (Fsp3) is 1.00. The van der Waals surface area contributed by atoms with Crippen molar-refractivity contribution in [1.82, 2.24) is 0 Å². The van der Waals surface area contributed by atoms with Crippen molar-refractivity contribution < 1.29 is 0 Å². The van der Waals surface area contributed by atoms with E-state index in [9.17, 15) is 0 Å². The maximum Gasteiger partial charge on any atom is 0.130 e. The first-order valence-electron chi connectivity index (χ1n) is 1.69. The average Bonchev–Trinajstić information content (AvgIpc) is 0.722. The molecular formula is C2H9ClSi2. The van der Waals surface area contributed by atoms with Gasteiger partial charge in [0, 0.05) is 9.76 Å². The van der Waals surface area contributed by atoms with E-state index in [1.165, 1.54) is 9.76 Å². The quantitative estimate of drug-likeness (QED) is 0.322. The molecule has 0 spiro atoms. The molecule has 3 heteroatoms. The third-order valence-electron chi connectivity index (χ3n) is 0. The number of rotatable bonds is 0. The Morgan fingerprint density at radius 2 is 1.60 bits per heavy atom. The van der Waals surface area contributed by atoms with Crippen molar-refractivity contribution in [3.8, 4) is 0 Å². The predicted molar refractivity (Wildman–Crippen MR) is 33.3 cm³/mol. The molecule has 0 N–H and O–H groups in total. The van der Waals surface area contributed by atoms with Gasteiger partial charge in [0.1, 0.15) is 6.90 Å². The van der Waals surface area contributed by atoms with Crippen LogP contribution in [0.3, 0.4) is 0 Å². The van der Waals surface area contributed by atoms with E-state index in [4.69, 9.17) is 11.1 Å². The van der Waals surface area contributed by atoms with Gasteiger partial charge in [0.05, 0.1) is 0 Å². The Balaban J connectivity index is 3.02. The summed E-state index contributed by atoms with van der Waals surface area (Å²) in [6.45, 7) is 3.31. The summed E-state index contributed by atoms with van der Waals surface area (Å²) in [6.07, 6.45) is 0. The van der Waals surface area contributed by atoms with Gasteiger partial charge in [-0.15, -0.1) is 0 Å². The first kappa shape index (κ1) is 5.72. The van der Waals surface area contributed by atoms with Crippen molar-refractivity contribution in [2.75, 3.05) is 0 Å². The van der Waals surface area contributed by atoms with E-state index >= 15 is 0 Å². The van der Waals surface area contributed by atoms with Crippen LogP contribution in [0.1, 0.15) is 0 Å². The van der Waals surface area contributed by atoms with E-state index in [1.54, 1.807) is 0 Å². The summed E-state index contributed by atoms with van der Waals surface area (Å²) < 4.78 is 0. The lowest BCUT2D eigenvalue weighted by atomic mass is 11.9. The van der Waals surface area contributed by atoms with Crippen LogP contribution in [-0.4, -0.2) is 16.7 Å². The Morgan fingerprint density at radius 3 is 1.60 bits per heavy atom. The van der Waals surface area contributed by atoms with E-state index < -0.39 is 6.90 Å². The molecule has 0 bridgehead atoms. The fourth-order valence-corrected chi connectivity index (χ4v) is 0. The van der Waals surface area contributed by atoms with Crippen LogP contribution in [0.2, 0.25) is 13.1 Å². The molecule has 0 aliphatic heterocycles. The molecule has 0 saturated heterocycles. The van der Waals surface area contributed by atoms with Gasteiger partial charge in [0.2, 0.25) is 0 Å². The fourth-order valence-electron chi connectivity index (χ4n) is 0. The van der Waals surface area contributed by atoms with Crippen LogP contribution in [-0.2, 0) is 0 Å². The van der Waals surface area contributed by atoms with Crippen molar-refractivity contribution in [2.24, 2.45) is 0 Å². The molecular weight excluding hydrogens is 116 g/mol. The lowest BCUT2D eigenvalue weighted by molar-refractivity contribution is 2.06. The maximum atomic E-state index is 5.73. The van der Waals surface area contributed by atoms with Crippen LogP contribution < -0.4 is 0 Å². The van der Waals surface area contributed by atoms with E-state index in [1.807, 2.05) is 0 Å². The molecule has 0 amide bonds. The standard InChI is InChI=1S/C2H9ClSi2/c1-5(2,3)4/h1-2,4H3. The van der Waals surface area contributed by atoms with Crippen molar-refractivity contribution >= 4 is 27.7 Å².